The molecule has 53 heavy (non-hydrogen) atoms. The summed E-state index contributed by atoms with van der Waals surface area (Å²) >= 11 is 0. The highest BCUT2D eigenvalue weighted by molar-refractivity contribution is 5.76. The maximum atomic E-state index is 12.4. The van der Waals surface area contributed by atoms with Gasteiger partial charge >= 0.3 is 5.97 Å². The molecule has 2 atom stereocenters. The first-order chi connectivity index (χ1) is 26.0. The average molecular weight is 748 g/mol. The SMILES string of the molecule is CCCCCCCC/C=C\CCCCCCCC(=O)OCCCCC/C=C\CCCCCCCC(=O)NC(CO)C(O)CCCCCCCCCCC. The van der Waals surface area contributed by atoms with Crippen LogP contribution in [0.5, 0.6) is 0 Å². The van der Waals surface area contributed by atoms with Crippen molar-refractivity contribution in [3.8, 4) is 0 Å². The fourth-order valence-electron chi connectivity index (χ4n) is 6.86. The fourth-order valence-corrected chi connectivity index (χ4v) is 6.86. The van der Waals surface area contributed by atoms with Crippen LogP contribution in [0.2, 0.25) is 0 Å². The third kappa shape index (κ3) is 39.8. The van der Waals surface area contributed by atoms with Gasteiger partial charge in [0.2, 0.25) is 5.91 Å². The van der Waals surface area contributed by atoms with Gasteiger partial charge in [-0.15, -0.1) is 0 Å². The minimum absolute atomic E-state index is 0.0317. The number of aliphatic hydroxyl groups is 2. The van der Waals surface area contributed by atoms with Crippen LogP contribution in [-0.4, -0.2) is 47.4 Å². The molecule has 0 aliphatic heterocycles. The van der Waals surface area contributed by atoms with Crippen molar-refractivity contribution in [2.75, 3.05) is 13.2 Å². The fraction of sp³-hybridized carbons (Fsp3) is 0.872. The number of rotatable bonds is 42. The lowest BCUT2D eigenvalue weighted by Gasteiger charge is -2.22. The Balaban J connectivity index is 3.50. The molecule has 0 saturated heterocycles. The van der Waals surface area contributed by atoms with Crippen molar-refractivity contribution in [2.24, 2.45) is 0 Å². The Morgan fingerprint density at radius 2 is 0.887 bits per heavy atom. The molecule has 2 unspecified atom stereocenters. The van der Waals surface area contributed by atoms with E-state index in [0.717, 1.165) is 77.0 Å². The number of ether oxygens (including phenoxy) is 1. The number of hydrogen-bond acceptors (Lipinski definition) is 5. The molecule has 0 rings (SSSR count). The van der Waals surface area contributed by atoms with E-state index in [-0.39, 0.29) is 18.5 Å². The van der Waals surface area contributed by atoms with Crippen molar-refractivity contribution in [1.82, 2.24) is 5.32 Å². The molecule has 0 aromatic heterocycles. The van der Waals surface area contributed by atoms with Crippen LogP contribution in [0.25, 0.3) is 0 Å². The van der Waals surface area contributed by atoms with E-state index in [2.05, 4.69) is 43.5 Å². The van der Waals surface area contributed by atoms with E-state index in [9.17, 15) is 19.8 Å². The third-order valence-corrected chi connectivity index (χ3v) is 10.5. The normalized spacial score (nSPS) is 12.9. The van der Waals surface area contributed by atoms with Crippen molar-refractivity contribution in [3.63, 3.8) is 0 Å². The molecule has 0 aromatic rings. The molecule has 0 bridgehead atoms. The van der Waals surface area contributed by atoms with Crippen molar-refractivity contribution < 1.29 is 24.5 Å². The van der Waals surface area contributed by atoms with Gasteiger partial charge in [0.25, 0.3) is 0 Å². The summed E-state index contributed by atoms with van der Waals surface area (Å²) in [5.41, 5.74) is 0. The number of unbranched alkanes of at least 4 members (excludes halogenated alkanes) is 27. The van der Waals surface area contributed by atoms with Crippen LogP contribution in [-0.2, 0) is 14.3 Å². The van der Waals surface area contributed by atoms with E-state index < -0.39 is 12.1 Å². The van der Waals surface area contributed by atoms with Gasteiger partial charge in [-0.25, -0.2) is 0 Å². The van der Waals surface area contributed by atoms with Crippen LogP contribution >= 0.6 is 0 Å². The number of aliphatic hydroxyl groups excluding tert-OH is 2. The molecule has 6 heteroatoms. The minimum Gasteiger partial charge on any atom is -0.466 e. The number of nitrogens with one attached hydrogen (secondary N) is 1. The van der Waals surface area contributed by atoms with Gasteiger partial charge in [0, 0.05) is 12.8 Å². The van der Waals surface area contributed by atoms with Crippen LogP contribution in [0.1, 0.15) is 239 Å². The highest BCUT2D eigenvalue weighted by Crippen LogP contribution is 2.14. The standard InChI is InChI=1S/C47H89NO5/c1-3-5-7-9-11-13-14-15-16-17-21-25-29-33-37-41-47(52)53-42-38-34-30-26-22-19-18-20-24-28-32-36-40-46(51)48-44(43-49)45(50)39-35-31-27-23-12-10-8-6-4-2/h15-16,19,22,44-45,49-50H,3-14,17-18,20-21,23-43H2,1-2H3,(H,48,51)/b16-15-,22-19-. The van der Waals surface area contributed by atoms with Gasteiger partial charge in [0.1, 0.15) is 0 Å². The van der Waals surface area contributed by atoms with Gasteiger partial charge in [-0.1, -0.05) is 167 Å². The molecule has 0 radical (unpaired) electrons. The highest BCUT2D eigenvalue weighted by Gasteiger charge is 2.20. The summed E-state index contributed by atoms with van der Waals surface area (Å²) in [5, 5.41) is 23.0. The lowest BCUT2D eigenvalue weighted by Crippen LogP contribution is -2.45. The smallest absolute Gasteiger partial charge is 0.305 e. The lowest BCUT2D eigenvalue weighted by molar-refractivity contribution is -0.143. The van der Waals surface area contributed by atoms with E-state index in [4.69, 9.17) is 4.74 Å². The molecule has 6 nitrogen and oxygen atoms in total. The zero-order chi connectivity index (χ0) is 38.7. The summed E-state index contributed by atoms with van der Waals surface area (Å²) < 4.78 is 5.43. The molecule has 0 spiro atoms. The molecule has 0 heterocycles. The topological polar surface area (TPSA) is 95.9 Å². The van der Waals surface area contributed by atoms with Crippen molar-refractivity contribution in [2.45, 2.75) is 251 Å². The summed E-state index contributed by atoms with van der Waals surface area (Å²) in [5.74, 6) is -0.0965. The summed E-state index contributed by atoms with van der Waals surface area (Å²) in [6.07, 6.45) is 48.5. The Labute approximate surface area is 329 Å². The molecule has 0 aliphatic carbocycles. The zero-order valence-electron chi connectivity index (χ0n) is 35.2. The number of carbonyl (C=O) groups is 2. The quantitative estimate of drug-likeness (QED) is 0.0328. The number of hydrogen-bond donors (Lipinski definition) is 3. The predicted octanol–water partition coefficient (Wildman–Crippen LogP) is 13.2. The Morgan fingerprint density at radius 3 is 1.34 bits per heavy atom. The predicted molar refractivity (Wildman–Crippen MR) is 227 cm³/mol. The first-order valence-electron chi connectivity index (χ1n) is 23.1. The van der Waals surface area contributed by atoms with Crippen molar-refractivity contribution in [1.29, 1.82) is 0 Å². The molecule has 0 saturated carbocycles. The molecule has 312 valence electrons. The molecule has 1 amide bonds. The Kier molecular flexibility index (Phi) is 41.7. The van der Waals surface area contributed by atoms with E-state index in [0.29, 0.717) is 25.9 Å². The lowest BCUT2D eigenvalue weighted by atomic mass is 10.0. The Hall–Kier alpha value is -1.66. The van der Waals surface area contributed by atoms with Gasteiger partial charge in [-0.2, -0.15) is 0 Å². The molecular formula is C47H89NO5. The van der Waals surface area contributed by atoms with Crippen LogP contribution in [0.3, 0.4) is 0 Å². The summed E-state index contributed by atoms with van der Waals surface area (Å²) in [4.78, 5) is 24.3. The first kappa shape index (κ1) is 51.3. The molecule has 3 N–H and O–H groups in total. The molecule has 0 fully saturated rings. The molecule has 0 aromatic carbocycles. The zero-order valence-corrected chi connectivity index (χ0v) is 35.2. The number of esters is 1. The number of amides is 1. The summed E-state index contributed by atoms with van der Waals surface area (Å²) in [6.45, 7) is 4.85. The third-order valence-electron chi connectivity index (χ3n) is 10.5. The maximum Gasteiger partial charge on any atom is 0.305 e. The second-order valence-corrected chi connectivity index (χ2v) is 15.7. The van der Waals surface area contributed by atoms with E-state index in [1.165, 1.54) is 128 Å². The first-order valence-corrected chi connectivity index (χ1v) is 23.1. The van der Waals surface area contributed by atoms with Crippen molar-refractivity contribution in [3.05, 3.63) is 24.3 Å². The summed E-state index contributed by atoms with van der Waals surface area (Å²) in [7, 11) is 0. The molecular weight excluding hydrogens is 659 g/mol. The van der Waals surface area contributed by atoms with Crippen LogP contribution in [0.15, 0.2) is 24.3 Å². The van der Waals surface area contributed by atoms with Gasteiger partial charge in [0.05, 0.1) is 25.4 Å². The minimum atomic E-state index is -0.678. The Bertz CT molecular complexity index is 828. The number of allylic oxidation sites excluding steroid dienone is 4. The second kappa shape index (κ2) is 43.1. The van der Waals surface area contributed by atoms with Crippen LogP contribution in [0, 0.1) is 0 Å². The van der Waals surface area contributed by atoms with Crippen LogP contribution < -0.4 is 5.32 Å². The maximum absolute atomic E-state index is 12.4. The summed E-state index contributed by atoms with van der Waals surface area (Å²) in [6, 6.07) is -0.558. The second-order valence-electron chi connectivity index (χ2n) is 15.7. The van der Waals surface area contributed by atoms with Crippen LogP contribution in [0.4, 0.5) is 0 Å². The van der Waals surface area contributed by atoms with Gasteiger partial charge in [-0.05, 0) is 83.5 Å². The van der Waals surface area contributed by atoms with Gasteiger partial charge in [0.15, 0.2) is 0 Å². The van der Waals surface area contributed by atoms with E-state index >= 15 is 0 Å². The average Bonchev–Trinajstić information content (AvgIpc) is 3.16. The Morgan fingerprint density at radius 1 is 0.509 bits per heavy atom. The number of carbonyl (C=O) groups excluding carboxylic acids is 2. The van der Waals surface area contributed by atoms with E-state index in [1.807, 2.05) is 0 Å². The molecule has 0 aliphatic rings. The van der Waals surface area contributed by atoms with Gasteiger partial charge in [-0.3, -0.25) is 9.59 Å². The largest absolute Gasteiger partial charge is 0.466 e. The van der Waals surface area contributed by atoms with E-state index in [1.54, 1.807) is 0 Å². The van der Waals surface area contributed by atoms with Crippen molar-refractivity contribution >= 4 is 11.9 Å². The monoisotopic (exact) mass is 748 g/mol. The highest BCUT2D eigenvalue weighted by atomic mass is 16.5. The van der Waals surface area contributed by atoms with Gasteiger partial charge < -0.3 is 20.3 Å².